The van der Waals surface area contributed by atoms with Gasteiger partial charge < -0.3 is 0 Å². The lowest BCUT2D eigenvalue weighted by molar-refractivity contribution is 0.433. The van der Waals surface area contributed by atoms with E-state index in [9.17, 15) is 4.39 Å². The fraction of sp³-hybridized carbons (Fsp3) is 0.385. The zero-order chi connectivity index (χ0) is 10.4. The molecule has 0 heterocycles. The Morgan fingerprint density at radius 3 is 2.43 bits per heavy atom. The molecule has 0 radical (unpaired) electrons. The van der Waals surface area contributed by atoms with Crippen LogP contribution in [-0.2, 0) is 0 Å². The van der Waals surface area contributed by atoms with Crippen molar-refractivity contribution in [2.45, 2.75) is 25.7 Å². The molecule has 0 N–H and O–H groups in total. The average molecular weight is 192 g/mol. The molecule has 0 aliphatic heterocycles. The molecule has 1 heteroatoms. The highest BCUT2D eigenvalue weighted by atomic mass is 19.1. The number of benzene rings is 1. The van der Waals surface area contributed by atoms with Crippen molar-refractivity contribution in [1.82, 2.24) is 0 Å². The van der Waals surface area contributed by atoms with Crippen LogP contribution in [0.1, 0.15) is 36.8 Å². The van der Waals surface area contributed by atoms with Gasteiger partial charge in [-0.05, 0) is 29.9 Å². The molecule has 0 saturated heterocycles. The second kappa shape index (κ2) is 5.58. The Morgan fingerprint density at radius 1 is 1.36 bits per heavy atom. The van der Waals surface area contributed by atoms with E-state index in [1.54, 1.807) is 0 Å². The van der Waals surface area contributed by atoms with E-state index in [1.165, 1.54) is 5.56 Å². The molecule has 1 rings (SSSR count). The van der Waals surface area contributed by atoms with Gasteiger partial charge in [-0.15, -0.1) is 0 Å². The van der Waals surface area contributed by atoms with Crippen molar-refractivity contribution in [3.63, 3.8) is 0 Å². The van der Waals surface area contributed by atoms with Gasteiger partial charge in [-0.25, -0.2) is 0 Å². The lowest BCUT2D eigenvalue weighted by atomic mass is 9.93. The van der Waals surface area contributed by atoms with Crippen LogP contribution in [0.2, 0.25) is 0 Å². The Labute approximate surface area is 85.5 Å². The third-order valence-corrected chi connectivity index (χ3v) is 2.59. The largest absolute Gasteiger partial charge is 0.251 e. The zero-order valence-corrected chi connectivity index (χ0v) is 8.67. The van der Waals surface area contributed by atoms with Gasteiger partial charge >= 0.3 is 0 Å². The Hall–Kier alpha value is -1.11. The Morgan fingerprint density at radius 2 is 2.00 bits per heavy atom. The maximum Gasteiger partial charge on any atom is 0.0900 e. The van der Waals surface area contributed by atoms with Gasteiger partial charge in [-0.1, -0.05) is 43.8 Å². The minimum atomic E-state index is -0.234. The fourth-order valence-corrected chi connectivity index (χ4v) is 1.64. The summed E-state index contributed by atoms with van der Waals surface area (Å²) in [6, 6.07) is 8.20. The summed E-state index contributed by atoms with van der Waals surface area (Å²) >= 11 is 0. The normalized spacial score (nSPS) is 12.4. The molecule has 0 spiro atoms. The molecule has 0 nitrogen and oxygen atoms in total. The van der Waals surface area contributed by atoms with E-state index < -0.39 is 0 Å². The first-order valence-electron chi connectivity index (χ1n) is 5.10. The highest BCUT2D eigenvalue weighted by Crippen LogP contribution is 2.23. The van der Waals surface area contributed by atoms with Crippen LogP contribution < -0.4 is 0 Å². The number of hydrogen-bond acceptors (Lipinski definition) is 0. The van der Waals surface area contributed by atoms with Gasteiger partial charge in [0, 0.05) is 0 Å². The summed E-state index contributed by atoms with van der Waals surface area (Å²) in [7, 11) is 0. The van der Waals surface area contributed by atoms with Crippen LogP contribution in [0.4, 0.5) is 4.39 Å². The molecule has 76 valence electrons. The predicted molar refractivity (Wildman–Crippen MR) is 60.2 cm³/mol. The SMILES string of the molecule is C=Cc1ccc(C(CC)CCF)cc1. The third kappa shape index (κ3) is 2.69. The van der Waals surface area contributed by atoms with Crippen molar-refractivity contribution in [2.24, 2.45) is 0 Å². The van der Waals surface area contributed by atoms with E-state index in [-0.39, 0.29) is 6.67 Å². The summed E-state index contributed by atoms with van der Waals surface area (Å²) in [4.78, 5) is 0. The van der Waals surface area contributed by atoms with E-state index in [4.69, 9.17) is 0 Å². The molecule has 0 amide bonds. The van der Waals surface area contributed by atoms with Crippen LogP contribution in [0.25, 0.3) is 6.08 Å². The zero-order valence-electron chi connectivity index (χ0n) is 8.67. The lowest BCUT2D eigenvalue weighted by Gasteiger charge is -2.13. The van der Waals surface area contributed by atoms with Gasteiger partial charge in [0.05, 0.1) is 6.67 Å². The summed E-state index contributed by atoms with van der Waals surface area (Å²) in [6.07, 6.45) is 3.45. The minimum Gasteiger partial charge on any atom is -0.251 e. The van der Waals surface area contributed by atoms with Gasteiger partial charge in [0.1, 0.15) is 0 Å². The molecule has 1 atom stereocenters. The molecule has 0 aliphatic rings. The second-order valence-electron chi connectivity index (χ2n) is 3.45. The van der Waals surface area contributed by atoms with Crippen LogP contribution in [0, 0.1) is 0 Å². The first-order valence-corrected chi connectivity index (χ1v) is 5.10. The van der Waals surface area contributed by atoms with Crippen molar-refractivity contribution >= 4 is 6.08 Å². The monoisotopic (exact) mass is 192 g/mol. The number of rotatable bonds is 5. The summed E-state index contributed by atoms with van der Waals surface area (Å²) in [6.45, 7) is 5.57. The number of alkyl halides is 1. The summed E-state index contributed by atoms with van der Waals surface area (Å²) in [5.41, 5.74) is 2.35. The van der Waals surface area contributed by atoms with Crippen LogP contribution in [0.3, 0.4) is 0 Å². The summed E-state index contributed by atoms with van der Waals surface area (Å²) in [5.74, 6) is 0.360. The lowest BCUT2D eigenvalue weighted by Crippen LogP contribution is -1.98. The van der Waals surface area contributed by atoms with Crippen LogP contribution in [0.5, 0.6) is 0 Å². The van der Waals surface area contributed by atoms with E-state index in [2.05, 4.69) is 25.6 Å². The van der Waals surface area contributed by atoms with Crippen molar-refractivity contribution < 1.29 is 4.39 Å². The Balaban J connectivity index is 2.77. The Bertz CT molecular complexity index is 274. The molecule has 1 unspecified atom stereocenters. The molecule has 1 aromatic rings. The van der Waals surface area contributed by atoms with Gasteiger partial charge in [-0.2, -0.15) is 0 Å². The first-order chi connectivity index (χ1) is 6.81. The van der Waals surface area contributed by atoms with Crippen molar-refractivity contribution in [3.8, 4) is 0 Å². The Kier molecular flexibility index (Phi) is 4.37. The van der Waals surface area contributed by atoms with Crippen LogP contribution in [0.15, 0.2) is 30.8 Å². The van der Waals surface area contributed by atoms with Gasteiger partial charge in [-0.3, -0.25) is 4.39 Å². The predicted octanol–water partition coefficient (Wildman–Crippen LogP) is 4.18. The first kappa shape index (κ1) is 11.0. The van der Waals surface area contributed by atoms with Gasteiger partial charge in [0.15, 0.2) is 0 Å². The molecule has 0 saturated carbocycles. The summed E-state index contributed by atoms with van der Waals surface area (Å²) in [5, 5.41) is 0. The maximum absolute atomic E-state index is 12.2. The minimum absolute atomic E-state index is 0.234. The molecule has 0 bridgehead atoms. The molecule has 14 heavy (non-hydrogen) atoms. The molecule has 0 aromatic heterocycles. The van der Waals surface area contributed by atoms with E-state index in [1.807, 2.05) is 18.2 Å². The molecule has 0 fully saturated rings. The van der Waals surface area contributed by atoms with Crippen LogP contribution >= 0.6 is 0 Å². The van der Waals surface area contributed by atoms with E-state index in [0.717, 1.165) is 12.0 Å². The van der Waals surface area contributed by atoms with Crippen LogP contribution in [-0.4, -0.2) is 6.67 Å². The van der Waals surface area contributed by atoms with E-state index in [0.29, 0.717) is 12.3 Å². The van der Waals surface area contributed by atoms with Crippen molar-refractivity contribution in [2.75, 3.05) is 6.67 Å². The molecular weight excluding hydrogens is 175 g/mol. The van der Waals surface area contributed by atoms with E-state index >= 15 is 0 Å². The average Bonchev–Trinajstić information content (AvgIpc) is 2.26. The smallest absolute Gasteiger partial charge is 0.0900 e. The molecule has 0 aliphatic carbocycles. The number of halogens is 1. The standard InChI is InChI=1S/C13H17F/c1-3-11-5-7-13(8-6-11)12(4-2)9-10-14/h3,5-8,12H,1,4,9-10H2,2H3. The van der Waals surface area contributed by atoms with Gasteiger partial charge in [0.25, 0.3) is 0 Å². The van der Waals surface area contributed by atoms with Crippen molar-refractivity contribution in [3.05, 3.63) is 42.0 Å². The highest BCUT2D eigenvalue weighted by Gasteiger charge is 2.08. The molecular formula is C13H17F. The highest BCUT2D eigenvalue weighted by molar-refractivity contribution is 5.47. The number of hydrogen-bond donors (Lipinski definition) is 0. The quantitative estimate of drug-likeness (QED) is 0.656. The molecule has 1 aromatic carbocycles. The third-order valence-electron chi connectivity index (χ3n) is 2.59. The maximum atomic E-state index is 12.2. The topological polar surface area (TPSA) is 0 Å². The van der Waals surface area contributed by atoms with Gasteiger partial charge in [0.2, 0.25) is 0 Å². The fourth-order valence-electron chi connectivity index (χ4n) is 1.64. The van der Waals surface area contributed by atoms with Crippen molar-refractivity contribution in [1.29, 1.82) is 0 Å². The second-order valence-corrected chi connectivity index (χ2v) is 3.45. The summed E-state index contributed by atoms with van der Waals surface area (Å²) < 4.78 is 12.2.